The number of carbonyl (C=O) groups is 1. The van der Waals surface area contributed by atoms with Gasteiger partial charge in [-0.3, -0.25) is 4.79 Å². The maximum Gasteiger partial charge on any atom is 0.254 e. The summed E-state index contributed by atoms with van der Waals surface area (Å²) in [5.41, 5.74) is 10.9. The molecule has 0 fully saturated rings. The molecule has 168 valence electrons. The average Bonchev–Trinajstić information content (AvgIpc) is 2.81. The number of aryl methyl sites for hydroxylation is 2. The van der Waals surface area contributed by atoms with Crippen LogP contribution >= 0.6 is 0 Å². The van der Waals surface area contributed by atoms with Crippen molar-refractivity contribution in [3.05, 3.63) is 94.5 Å². The third-order valence-corrected chi connectivity index (χ3v) is 5.43. The average molecular weight is 433 g/mol. The Morgan fingerprint density at radius 2 is 1.75 bits per heavy atom. The minimum Gasteiger partial charge on any atom is -0.493 e. The van der Waals surface area contributed by atoms with E-state index in [0.717, 1.165) is 17.5 Å². The monoisotopic (exact) mass is 432 g/mol. The van der Waals surface area contributed by atoms with E-state index in [-0.39, 0.29) is 5.91 Å². The predicted molar refractivity (Wildman–Crippen MR) is 128 cm³/mol. The second kappa shape index (κ2) is 11.3. The van der Waals surface area contributed by atoms with Gasteiger partial charge in [0.15, 0.2) is 11.5 Å². The first-order valence-corrected chi connectivity index (χ1v) is 10.9. The molecule has 5 heteroatoms. The molecular formula is C27H32N2O3. The molecule has 0 unspecified atom stereocenters. The van der Waals surface area contributed by atoms with Gasteiger partial charge in [0.1, 0.15) is 6.61 Å². The van der Waals surface area contributed by atoms with Crippen LogP contribution in [0.1, 0.15) is 39.0 Å². The third-order valence-electron chi connectivity index (χ3n) is 5.43. The van der Waals surface area contributed by atoms with Crippen molar-refractivity contribution in [1.29, 1.82) is 0 Å². The molecule has 32 heavy (non-hydrogen) atoms. The number of methoxy groups -OCH3 is 1. The molecule has 3 aromatic rings. The summed E-state index contributed by atoms with van der Waals surface area (Å²) in [6.07, 6.45) is 0.742. The summed E-state index contributed by atoms with van der Waals surface area (Å²) in [4.78, 5) is 15.2. The molecule has 0 aromatic heterocycles. The Morgan fingerprint density at radius 3 is 2.44 bits per heavy atom. The minimum absolute atomic E-state index is 0.0497. The summed E-state index contributed by atoms with van der Waals surface area (Å²) in [6.45, 7) is 6.25. The number of hydrogen-bond acceptors (Lipinski definition) is 4. The van der Waals surface area contributed by atoms with Crippen molar-refractivity contribution >= 4 is 5.91 Å². The van der Waals surface area contributed by atoms with E-state index in [9.17, 15) is 4.79 Å². The first-order chi connectivity index (χ1) is 15.5. The second-order valence-corrected chi connectivity index (χ2v) is 7.94. The molecule has 0 bridgehead atoms. The normalized spacial score (nSPS) is 10.6. The molecule has 3 aromatic carbocycles. The molecule has 0 aliphatic carbocycles. The summed E-state index contributed by atoms with van der Waals surface area (Å²) < 4.78 is 11.5. The fourth-order valence-corrected chi connectivity index (χ4v) is 3.60. The molecule has 0 radical (unpaired) electrons. The number of nitrogens with two attached hydrogens (primary N) is 1. The highest BCUT2D eigenvalue weighted by Gasteiger charge is 2.19. The number of nitrogens with zero attached hydrogens (tertiary/aromatic N) is 1. The zero-order valence-corrected chi connectivity index (χ0v) is 19.1. The van der Waals surface area contributed by atoms with Crippen molar-refractivity contribution in [3.63, 3.8) is 0 Å². The van der Waals surface area contributed by atoms with E-state index in [1.807, 2.05) is 35.2 Å². The maximum absolute atomic E-state index is 13.4. The Balaban J connectivity index is 1.78. The van der Waals surface area contributed by atoms with E-state index in [4.69, 9.17) is 15.2 Å². The van der Waals surface area contributed by atoms with E-state index in [1.54, 1.807) is 25.3 Å². The van der Waals surface area contributed by atoms with Gasteiger partial charge in [-0.05, 0) is 61.7 Å². The SMILES string of the molecule is COc1cc(C(=O)N(CCCN)Cc2ccc(C)cc2C)ccc1OCc1ccccc1. The lowest BCUT2D eigenvalue weighted by molar-refractivity contribution is 0.0741. The van der Waals surface area contributed by atoms with Crippen LogP contribution in [0.25, 0.3) is 0 Å². The Kier molecular flexibility index (Phi) is 8.28. The fourth-order valence-electron chi connectivity index (χ4n) is 3.60. The van der Waals surface area contributed by atoms with Gasteiger partial charge in [0, 0.05) is 18.7 Å². The van der Waals surface area contributed by atoms with Crippen molar-refractivity contribution in [1.82, 2.24) is 4.90 Å². The van der Waals surface area contributed by atoms with Gasteiger partial charge < -0.3 is 20.1 Å². The quantitative estimate of drug-likeness (QED) is 0.496. The predicted octanol–water partition coefficient (Wildman–Crippen LogP) is 4.88. The highest BCUT2D eigenvalue weighted by molar-refractivity contribution is 5.95. The second-order valence-electron chi connectivity index (χ2n) is 7.94. The van der Waals surface area contributed by atoms with Gasteiger partial charge in [0.2, 0.25) is 0 Å². The third kappa shape index (κ3) is 6.11. The molecule has 3 rings (SSSR count). The lowest BCUT2D eigenvalue weighted by Gasteiger charge is -2.24. The van der Waals surface area contributed by atoms with Crippen LogP contribution in [0.5, 0.6) is 11.5 Å². The number of carbonyl (C=O) groups excluding carboxylic acids is 1. The summed E-state index contributed by atoms with van der Waals surface area (Å²) in [5.74, 6) is 1.10. The molecule has 0 atom stereocenters. The van der Waals surface area contributed by atoms with Crippen molar-refractivity contribution in [3.8, 4) is 11.5 Å². The Bertz CT molecular complexity index is 1030. The Hall–Kier alpha value is -3.31. The Labute approximate surface area is 190 Å². The van der Waals surface area contributed by atoms with Crippen LogP contribution in [0.15, 0.2) is 66.7 Å². The number of benzene rings is 3. The molecular weight excluding hydrogens is 400 g/mol. The van der Waals surface area contributed by atoms with Crippen LogP contribution in [-0.4, -0.2) is 31.0 Å². The molecule has 0 spiro atoms. The van der Waals surface area contributed by atoms with Gasteiger partial charge in [0.05, 0.1) is 7.11 Å². The van der Waals surface area contributed by atoms with Gasteiger partial charge in [0.25, 0.3) is 5.91 Å². The molecule has 2 N–H and O–H groups in total. The van der Waals surface area contributed by atoms with Crippen molar-refractivity contribution in [2.45, 2.75) is 33.4 Å². The molecule has 0 saturated carbocycles. The van der Waals surface area contributed by atoms with Gasteiger partial charge in [-0.25, -0.2) is 0 Å². The van der Waals surface area contributed by atoms with Crippen LogP contribution in [0.3, 0.4) is 0 Å². The van der Waals surface area contributed by atoms with Crippen molar-refractivity contribution < 1.29 is 14.3 Å². The molecule has 0 heterocycles. The van der Waals surface area contributed by atoms with Gasteiger partial charge in [-0.1, -0.05) is 54.1 Å². The van der Waals surface area contributed by atoms with Crippen molar-refractivity contribution in [2.24, 2.45) is 5.73 Å². The van der Waals surface area contributed by atoms with E-state index in [0.29, 0.717) is 43.3 Å². The lowest BCUT2D eigenvalue weighted by atomic mass is 10.0. The van der Waals surface area contributed by atoms with Crippen molar-refractivity contribution in [2.75, 3.05) is 20.2 Å². The zero-order valence-electron chi connectivity index (χ0n) is 19.1. The van der Waals surface area contributed by atoms with Gasteiger partial charge in [-0.15, -0.1) is 0 Å². The topological polar surface area (TPSA) is 64.8 Å². The van der Waals surface area contributed by atoms with Crippen LogP contribution in [0.4, 0.5) is 0 Å². The Morgan fingerprint density at radius 1 is 0.969 bits per heavy atom. The first kappa shape index (κ1) is 23.4. The van der Waals surface area contributed by atoms with Crippen LogP contribution < -0.4 is 15.2 Å². The minimum atomic E-state index is -0.0497. The fraction of sp³-hybridized carbons (Fsp3) is 0.296. The molecule has 5 nitrogen and oxygen atoms in total. The van der Waals surface area contributed by atoms with Gasteiger partial charge in [-0.2, -0.15) is 0 Å². The maximum atomic E-state index is 13.4. The largest absolute Gasteiger partial charge is 0.493 e. The van der Waals surface area contributed by atoms with Crippen LogP contribution in [0.2, 0.25) is 0 Å². The summed E-state index contributed by atoms with van der Waals surface area (Å²) in [6, 6.07) is 21.6. The van der Waals surface area contributed by atoms with Crippen LogP contribution in [0, 0.1) is 13.8 Å². The molecule has 0 aliphatic rings. The highest BCUT2D eigenvalue weighted by atomic mass is 16.5. The summed E-state index contributed by atoms with van der Waals surface area (Å²) in [5, 5.41) is 0. The van der Waals surface area contributed by atoms with Gasteiger partial charge >= 0.3 is 0 Å². The van der Waals surface area contributed by atoms with E-state index in [1.165, 1.54) is 11.1 Å². The van der Waals surface area contributed by atoms with E-state index in [2.05, 4.69) is 32.0 Å². The highest BCUT2D eigenvalue weighted by Crippen LogP contribution is 2.29. The lowest BCUT2D eigenvalue weighted by Crippen LogP contribution is -2.32. The van der Waals surface area contributed by atoms with E-state index >= 15 is 0 Å². The molecule has 0 aliphatic heterocycles. The number of amides is 1. The smallest absolute Gasteiger partial charge is 0.254 e. The zero-order chi connectivity index (χ0) is 22.9. The molecule has 1 amide bonds. The van der Waals surface area contributed by atoms with Crippen LogP contribution in [-0.2, 0) is 13.2 Å². The standard InChI is InChI=1S/C27H32N2O3/c1-20-10-11-24(21(2)16-20)18-29(15-7-14-28)27(30)23-12-13-25(26(17-23)31-3)32-19-22-8-5-4-6-9-22/h4-6,8-13,16-17H,7,14-15,18-19,28H2,1-3H3. The molecule has 0 saturated heterocycles. The number of rotatable bonds is 10. The summed E-state index contributed by atoms with van der Waals surface area (Å²) >= 11 is 0. The number of hydrogen-bond donors (Lipinski definition) is 1. The number of ether oxygens (including phenoxy) is 2. The first-order valence-electron chi connectivity index (χ1n) is 10.9. The summed E-state index contributed by atoms with van der Waals surface area (Å²) in [7, 11) is 1.58. The van der Waals surface area contributed by atoms with E-state index < -0.39 is 0 Å².